The minimum atomic E-state index is -0.340. The lowest BCUT2D eigenvalue weighted by Gasteiger charge is -2.49. The molecule has 1 aromatic carbocycles. The first-order valence-electron chi connectivity index (χ1n) is 12.5. The summed E-state index contributed by atoms with van der Waals surface area (Å²) >= 11 is 0. The Morgan fingerprint density at radius 3 is 1.97 bits per heavy atom. The van der Waals surface area contributed by atoms with Gasteiger partial charge in [0.1, 0.15) is 12.4 Å². The van der Waals surface area contributed by atoms with E-state index in [0.29, 0.717) is 25.2 Å². The number of hydrogen-bond donors (Lipinski definition) is 0. The number of Topliss-reactive ketones (excluding diaryl/α,β-unsaturated/α-hetero) is 2. The standard InChI is InChI=1S/C30H37NO4/c1-7-14-35-21-11-9-20(10-12-21)26-27-22(16-29(2,3)18-24(27)32)31(13-8-15-34-6)23-17-30(4,5)19-25(33)28(23)26/h1,9-12,26H,8,13-19H2,2-6H3. The van der Waals surface area contributed by atoms with Crippen LogP contribution in [0.25, 0.3) is 0 Å². The van der Waals surface area contributed by atoms with Crippen LogP contribution in [-0.2, 0) is 14.3 Å². The van der Waals surface area contributed by atoms with E-state index in [2.05, 4.69) is 38.5 Å². The molecule has 0 spiro atoms. The molecular formula is C30H37NO4. The third kappa shape index (κ3) is 5.09. The van der Waals surface area contributed by atoms with E-state index in [0.717, 1.165) is 53.9 Å². The Bertz CT molecular complexity index is 1060. The van der Waals surface area contributed by atoms with Crippen LogP contribution in [-0.4, -0.2) is 43.3 Å². The summed E-state index contributed by atoms with van der Waals surface area (Å²) in [5.74, 6) is 3.12. The van der Waals surface area contributed by atoms with Crippen molar-refractivity contribution < 1.29 is 19.1 Å². The van der Waals surface area contributed by atoms with Crippen LogP contribution in [0.2, 0.25) is 0 Å². The number of hydrogen-bond acceptors (Lipinski definition) is 5. The normalized spacial score (nSPS) is 21.5. The Kier molecular flexibility index (Phi) is 6.97. The van der Waals surface area contributed by atoms with Crippen molar-refractivity contribution in [3.05, 3.63) is 52.4 Å². The van der Waals surface area contributed by atoms with Gasteiger partial charge in [0.05, 0.1) is 0 Å². The van der Waals surface area contributed by atoms with Crippen LogP contribution in [0, 0.1) is 23.2 Å². The summed E-state index contributed by atoms with van der Waals surface area (Å²) in [5, 5.41) is 0. The fourth-order valence-electron chi connectivity index (χ4n) is 5.90. The van der Waals surface area contributed by atoms with Crippen molar-refractivity contribution in [1.82, 2.24) is 4.90 Å². The summed E-state index contributed by atoms with van der Waals surface area (Å²) in [5.41, 5.74) is 4.47. The molecule has 0 amide bonds. The van der Waals surface area contributed by atoms with E-state index in [1.807, 2.05) is 24.3 Å². The van der Waals surface area contributed by atoms with Gasteiger partial charge in [0, 0.05) is 61.6 Å². The second kappa shape index (κ2) is 9.66. The van der Waals surface area contributed by atoms with Crippen LogP contribution >= 0.6 is 0 Å². The molecule has 0 unspecified atom stereocenters. The Morgan fingerprint density at radius 1 is 0.943 bits per heavy atom. The van der Waals surface area contributed by atoms with Crippen LogP contribution < -0.4 is 4.74 Å². The van der Waals surface area contributed by atoms with Crippen molar-refractivity contribution >= 4 is 11.6 Å². The number of rotatable bonds is 7. The molecule has 186 valence electrons. The first-order valence-corrected chi connectivity index (χ1v) is 12.5. The molecule has 2 aliphatic carbocycles. The quantitative estimate of drug-likeness (QED) is 0.389. The maximum absolute atomic E-state index is 13.7. The van der Waals surface area contributed by atoms with Crippen molar-refractivity contribution in [2.45, 2.75) is 65.7 Å². The fraction of sp³-hybridized carbons (Fsp3) is 0.533. The van der Waals surface area contributed by atoms with Crippen LogP contribution in [0.4, 0.5) is 0 Å². The second-order valence-electron chi connectivity index (χ2n) is 11.6. The molecule has 0 aromatic heterocycles. The molecule has 3 aliphatic rings. The number of methoxy groups -OCH3 is 1. The first kappa shape index (κ1) is 25.3. The lowest BCUT2D eigenvalue weighted by atomic mass is 9.63. The summed E-state index contributed by atoms with van der Waals surface area (Å²) in [6, 6.07) is 7.72. The average Bonchev–Trinajstić information content (AvgIpc) is 2.77. The van der Waals surface area contributed by atoms with E-state index >= 15 is 0 Å². The Labute approximate surface area is 209 Å². The van der Waals surface area contributed by atoms with Crippen molar-refractivity contribution in [3.8, 4) is 18.1 Å². The second-order valence-corrected chi connectivity index (χ2v) is 11.6. The molecule has 0 fully saturated rings. The summed E-state index contributed by atoms with van der Waals surface area (Å²) in [6.45, 7) is 10.2. The van der Waals surface area contributed by atoms with Crippen LogP contribution in [0.1, 0.15) is 71.3 Å². The topological polar surface area (TPSA) is 55.8 Å². The third-order valence-electron chi connectivity index (χ3n) is 7.29. The number of allylic oxidation sites excluding steroid dienone is 4. The van der Waals surface area contributed by atoms with Crippen LogP contribution in [0.5, 0.6) is 5.75 Å². The van der Waals surface area contributed by atoms with Crippen molar-refractivity contribution in [1.29, 1.82) is 0 Å². The fourth-order valence-corrected chi connectivity index (χ4v) is 5.90. The third-order valence-corrected chi connectivity index (χ3v) is 7.29. The number of carbonyl (C=O) groups excluding carboxylic acids is 2. The highest BCUT2D eigenvalue weighted by Gasteiger charge is 2.48. The SMILES string of the molecule is C#CCOc1ccc(C2C3=C(CC(C)(C)CC3=O)N(CCCOC)C3=C2C(=O)CC(C)(C)C3)cc1. The van der Waals surface area contributed by atoms with Crippen molar-refractivity contribution in [3.63, 3.8) is 0 Å². The average molecular weight is 476 g/mol. The first-order chi connectivity index (χ1) is 16.6. The van der Waals surface area contributed by atoms with Gasteiger partial charge in [-0.1, -0.05) is 45.7 Å². The molecule has 5 nitrogen and oxygen atoms in total. The minimum absolute atomic E-state index is 0.126. The molecule has 4 rings (SSSR count). The minimum Gasteiger partial charge on any atom is -0.481 e. The lowest BCUT2D eigenvalue weighted by Crippen LogP contribution is -2.44. The Hall–Kier alpha value is -2.84. The van der Waals surface area contributed by atoms with Gasteiger partial charge in [0.2, 0.25) is 0 Å². The van der Waals surface area contributed by atoms with Crippen LogP contribution in [0.15, 0.2) is 46.8 Å². The van der Waals surface area contributed by atoms with Gasteiger partial charge in [-0.15, -0.1) is 6.42 Å². The van der Waals surface area contributed by atoms with E-state index in [1.54, 1.807) is 7.11 Å². The molecule has 1 aliphatic heterocycles. The summed E-state index contributed by atoms with van der Waals surface area (Å²) in [7, 11) is 1.71. The van der Waals surface area contributed by atoms with Crippen molar-refractivity contribution in [2.24, 2.45) is 10.8 Å². The Balaban J connectivity index is 1.88. The van der Waals surface area contributed by atoms with E-state index in [-0.39, 0.29) is 34.9 Å². The monoisotopic (exact) mass is 475 g/mol. The van der Waals surface area contributed by atoms with Gasteiger partial charge in [0.15, 0.2) is 11.6 Å². The van der Waals surface area contributed by atoms with Gasteiger partial charge in [-0.25, -0.2) is 0 Å². The van der Waals surface area contributed by atoms with Crippen molar-refractivity contribution in [2.75, 3.05) is 26.9 Å². The van der Waals surface area contributed by atoms with Gasteiger partial charge in [-0.3, -0.25) is 9.59 Å². The number of ketones is 2. The highest BCUT2D eigenvalue weighted by Crippen LogP contribution is 2.54. The molecule has 1 heterocycles. The summed E-state index contributed by atoms with van der Waals surface area (Å²) < 4.78 is 10.9. The number of ether oxygens (including phenoxy) is 2. The predicted octanol–water partition coefficient (Wildman–Crippen LogP) is 5.42. The molecule has 0 bridgehead atoms. The molecular weight excluding hydrogens is 438 g/mol. The molecule has 5 heteroatoms. The number of benzene rings is 1. The molecule has 0 atom stereocenters. The molecule has 0 saturated heterocycles. The molecule has 1 aromatic rings. The van der Waals surface area contributed by atoms with Gasteiger partial charge < -0.3 is 14.4 Å². The molecule has 0 radical (unpaired) electrons. The van der Waals surface area contributed by atoms with Gasteiger partial charge >= 0.3 is 0 Å². The van der Waals surface area contributed by atoms with E-state index in [9.17, 15) is 9.59 Å². The number of terminal acetylenes is 1. The summed E-state index contributed by atoms with van der Waals surface area (Å²) in [4.78, 5) is 29.8. The van der Waals surface area contributed by atoms with Gasteiger partial charge in [-0.2, -0.15) is 0 Å². The van der Waals surface area contributed by atoms with E-state index in [1.165, 1.54) is 0 Å². The zero-order valence-corrected chi connectivity index (χ0v) is 21.7. The van der Waals surface area contributed by atoms with Crippen LogP contribution in [0.3, 0.4) is 0 Å². The predicted molar refractivity (Wildman–Crippen MR) is 137 cm³/mol. The van der Waals surface area contributed by atoms with Gasteiger partial charge in [-0.05, 0) is 47.8 Å². The molecule has 35 heavy (non-hydrogen) atoms. The maximum Gasteiger partial charge on any atom is 0.162 e. The highest BCUT2D eigenvalue weighted by atomic mass is 16.5. The zero-order chi connectivity index (χ0) is 25.4. The smallest absolute Gasteiger partial charge is 0.162 e. The number of nitrogens with zero attached hydrogens (tertiary/aromatic N) is 1. The van der Waals surface area contributed by atoms with E-state index < -0.39 is 0 Å². The van der Waals surface area contributed by atoms with E-state index in [4.69, 9.17) is 15.9 Å². The Morgan fingerprint density at radius 2 is 1.49 bits per heavy atom. The molecule has 0 saturated carbocycles. The lowest BCUT2D eigenvalue weighted by molar-refractivity contribution is -0.119. The molecule has 0 N–H and O–H groups in total. The highest BCUT2D eigenvalue weighted by molar-refractivity contribution is 6.06. The maximum atomic E-state index is 13.7. The summed E-state index contributed by atoms with van der Waals surface area (Å²) in [6.07, 6.45) is 8.75. The largest absolute Gasteiger partial charge is 0.481 e. The number of carbonyl (C=O) groups is 2. The van der Waals surface area contributed by atoms with Gasteiger partial charge in [0.25, 0.3) is 0 Å². The zero-order valence-electron chi connectivity index (χ0n) is 21.7.